The van der Waals surface area contributed by atoms with E-state index in [1.165, 1.54) is 10.4 Å². The molecule has 0 bridgehead atoms. The number of ether oxygens (including phenoxy) is 1. The first-order chi connectivity index (χ1) is 11.5. The molecule has 0 N–H and O–H groups in total. The number of carbonyl (C=O) groups excluding carboxylic acids is 1. The number of nitrogens with zero attached hydrogens (tertiary/aromatic N) is 1. The molecule has 1 aliphatic heterocycles. The summed E-state index contributed by atoms with van der Waals surface area (Å²) in [6.45, 7) is 2.91. The third-order valence-electron chi connectivity index (χ3n) is 3.95. The van der Waals surface area contributed by atoms with Crippen molar-refractivity contribution in [3.05, 3.63) is 46.2 Å². The first-order valence-electron chi connectivity index (χ1n) is 7.85. The van der Waals surface area contributed by atoms with Gasteiger partial charge in [0.1, 0.15) is 15.5 Å². The Kier molecular flexibility index (Phi) is 5.03. The van der Waals surface area contributed by atoms with E-state index in [0.717, 1.165) is 36.2 Å². The molecule has 0 amide bonds. The summed E-state index contributed by atoms with van der Waals surface area (Å²) >= 11 is 1.09. The normalized spacial score (nSPS) is 16.0. The molecule has 0 unspecified atom stereocenters. The maximum atomic E-state index is 12.8. The summed E-state index contributed by atoms with van der Waals surface area (Å²) < 4.78 is 32.4. The molecule has 5 nitrogen and oxygen atoms in total. The number of carbonyl (C=O) groups is 1. The summed E-state index contributed by atoms with van der Waals surface area (Å²) in [5, 5.41) is 1.61. The second kappa shape index (κ2) is 7.04. The molecule has 1 aromatic carbocycles. The maximum Gasteiger partial charge on any atom is 0.355 e. The standard InChI is InChI=1S/C17H19NO4S2/c1-13-6-5-7-14(12-13)22-17(19)16-15(8-11-23-16)24(20,21)18-9-3-2-4-10-18/h5-8,11-12H,2-4,9-10H2,1H3. The summed E-state index contributed by atoms with van der Waals surface area (Å²) in [5.41, 5.74) is 0.965. The van der Waals surface area contributed by atoms with Crippen molar-refractivity contribution >= 4 is 27.3 Å². The van der Waals surface area contributed by atoms with Gasteiger partial charge in [0.15, 0.2) is 0 Å². The van der Waals surface area contributed by atoms with Gasteiger partial charge in [0.25, 0.3) is 0 Å². The van der Waals surface area contributed by atoms with Gasteiger partial charge in [-0.25, -0.2) is 13.2 Å². The average molecular weight is 365 g/mol. The lowest BCUT2D eigenvalue weighted by molar-refractivity contribution is 0.0736. The number of thiophene rings is 1. The Hall–Kier alpha value is -1.70. The Bertz CT molecular complexity index is 836. The van der Waals surface area contributed by atoms with E-state index in [1.807, 2.05) is 13.0 Å². The van der Waals surface area contributed by atoms with Crippen LogP contribution in [0.1, 0.15) is 34.5 Å². The summed E-state index contributed by atoms with van der Waals surface area (Å²) in [4.78, 5) is 12.6. The Morgan fingerprint density at radius 1 is 1.17 bits per heavy atom. The summed E-state index contributed by atoms with van der Waals surface area (Å²) in [6, 6.07) is 8.59. The lowest BCUT2D eigenvalue weighted by atomic mass is 10.2. The Balaban J connectivity index is 1.85. The van der Waals surface area contributed by atoms with E-state index in [1.54, 1.807) is 23.6 Å². The molecule has 0 radical (unpaired) electrons. The van der Waals surface area contributed by atoms with Crippen LogP contribution in [-0.4, -0.2) is 31.8 Å². The molecule has 1 aliphatic rings. The highest BCUT2D eigenvalue weighted by molar-refractivity contribution is 7.89. The number of aryl methyl sites for hydroxylation is 1. The highest BCUT2D eigenvalue weighted by Crippen LogP contribution is 2.28. The van der Waals surface area contributed by atoms with Gasteiger partial charge in [0.2, 0.25) is 10.0 Å². The van der Waals surface area contributed by atoms with E-state index in [4.69, 9.17) is 4.74 Å². The summed E-state index contributed by atoms with van der Waals surface area (Å²) in [7, 11) is -3.65. The minimum Gasteiger partial charge on any atom is -0.422 e. The van der Waals surface area contributed by atoms with E-state index in [9.17, 15) is 13.2 Å². The summed E-state index contributed by atoms with van der Waals surface area (Å²) in [6.07, 6.45) is 2.75. The Morgan fingerprint density at radius 2 is 1.92 bits per heavy atom. The summed E-state index contributed by atoms with van der Waals surface area (Å²) in [5.74, 6) is -0.221. The van der Waals surface area contributed by atoms with E-state index >= 15 is 0 Å². The van der Waals surface area contributed by atoms with Gasteiger partial charge in [0.05, 0.1) is 0 Å². The third-order valence-corrected chi connectivity index (χ3v) is 6.91. The van der Waals surface area contributed by atoms with Crippen molar-refractivity contribution in [2.24, 2.45) is 0 Å². The van der Waals surface area contributed by atoms with Gasteiger partial charge in [-0.05, 0) is 48.9 Å². The molecule has 0 atom stereocenters. The zero-order valence-corrected chi connectivity index (χ0v) is 15.0. The second-order valence-corrected chi connectivity index (χ2v) is 8.61. The molecule has 3 rings (SSSR count). The number of rotatable bonds is 4. The zero-order valence-electron chi connectivity index (χ0n) is 13.4. The molecule has 128 valence electrons. The monoisotopic (exact) mass is 365 g/mol. The van der Waals surface area contributed by atoms with Crippen LogP contribution in [0, 0.1) is 6.92 Å². The van der Waals surface area contributed by atoms with Gasteiger partial charge < -0.3 is 4.74 Å². The van der Waals surface area contributed by atoms with Crippen LogP contribution in [0.15, 0.2) is 40.6 Å². The SMILES string of the molecule is Cc1cccc(OC(=O)c2sccc2S(=O)(=O)N2CCCCC2)c1. The number of sulfonamides is 1. The Labute approximate surface area is 145 Å². The van der Waals surface area contributed by atoms with Crippen LogP contribution in [0.25, 0.3) is 0 Å². The van der Waals surface area contributed by atoms with Crippen LogP contribution in [0.2, 0.25) is 0 Å². The van der Waals surface area contributed by atoms with Gasteiger partial charge in [-0.3, -0.25) is 0 Å². The van der Waals surface area contributed by atoms with Crippen LogP contribution in [-0.2, 0) is 10.0 Å². The van der Waals surface area contributed by atoms with E-state index in [0.29, 0.717) is 18.8 Å². The van der Waals surface area contributed by atoms with Crippen molar-refractivity contribution in [2.45, 2.75) is 31.1 Å². The highest BCUT2D eigenvalue weighted by Gasteiger charge is 2.31. The van der Waals surface area contributed by atoms with Crippen molar-refractivity contribution in [2.75, 3.05) is 13.1 Å². The van der Waals surface area contributed by atoms with Gasteiger partial charge in [0, 0.05) is 13.1 Å². The van der Waals surface area contributed by atoms with Gasteiger partial charge in [-0.2, -0.15) is 4.31 Å². The second-order valence-electron chi connectivity index (χ2n) is 5.78. The minimum atomic E-state index is -3.65. The molecule has 1 fully saturated rings. The lowest BCUT2D eigenvalue weighted by Gasteiger charge is -2.25. The van der Waals surface area contributed by atoms with Gasteiger partial charge >= 0.3 is 5.97 Å². The third kappa shape index (κ3) is 3.53. The molecule has 24 heavy (non-hydrogen) atoms. The van der Waals surface area contributed by atoms with Crippen molar-refractivity contribution in [1.29, 1.82) is 0 Å². The van der Waals surface area contributed by atoms with Crippen LogP contribution < -0.4 is 4.74 Å². The predicted octanol–water partition coefficient (Wildman–Crippen LogP) is 3.45. The van der Waals surface area contributed by atoms with Crippen LogP contribution in [0.3, 0.4) is 0 Å². The number of hydrogen-bond acceptors (Lipinski definition) is 5. The zero-order chi connectivity index (χ0) is 17.2. The number of benzene rings is 1. The fraction of sp³-hybridized carbons (Fsp3) is 0.353. The molecular weight excluding hydrogens is 346 g/mol. The van der Waals surface area contributed by atoms with Crippen molar-refractivity contribution < 1.29 is 17.9 Å². The van der Waals surface area contributed by atoms with Crippen LogP contribution in [0.4, 0.5) is 0 Å². The molecule has 0 aliphatic carbocycles. The first-order valence-corrected chi connectivity index (χ1v) is 10.2. The van der Waals surface area contributed by atoms with Crippen LogP contribution >= 0.6 is 11.3 Å². The molecule has 1 saturated heterocycles. The van der Waals surface area contributed by atoms with Crippen molar-refractivity contribution in [3.63, 3.8) is 0 Å². The predicted molar refractivity (Wildman–Crippen MR) is 93.1 cm³/mol. The Morgan fingerprint density at radius 3 is 2.62 bits per heavy atom. The quantitative estimate of drug-likeness (QED) is 0.615. The fourth-order valence-corrected chi connectivity index (χ4v) is 5.51. The van der Waals surface area contributed by atoms with Gasteiger partial charge in [-0.1, -0.05) is 18.6 Å². The number of esters is 1. The first kappa shape index (κ1) is 17.1. The highest BCUT2D eigenvalue weighted by atomic mass is 32.2. The topological polar surface area (TPSA) is 63.7 Å². The van der Waals surface area contributed by atoms with Crippen molar-refractivity contribution in [1.82, 2.24) is 4.31 Å². The molecule has 0 saturated carbocycles. The lowest BCUT2D eigenvalue weighted by Crippen LogP contribution is -2.36. The number of piperidine rings is 1. The maximum absolute atomic E-state index is 12.8. The smallest absolute Gasteiger partial charge is 0.355 e. The molecular formula is C17H19NO4S2. The molecule has 7 heteroatoms. The largest absolute Gasteiger partial charge is 0.422 e. The van der Waals surface area contributed by atoms with E-state index in [2.05, 4.69) is 0 Å². The molecule has 0 spiro atoms. The molecule has 2 heterocycles. The average Bonchev–Trinajstić information content (AvgIpc) is 3.06. The fourth-order valence-electron chi connectivity index (χ4n) is 2.73. The number of hydrogen-bond donors (Lipinski definition) is 0. The molecule has 1 aromatic heterocycles. The molecule has 2 aromatic rings. The van der Waals surface area contributed by atoms with Crippen LogP contribution in [0.5, 0.6) is 5.75 Å². The minimum absolute atomic E-state index is 0.0482. The van der Waals surface area contributed by atoms with E-state index in [-0.39, 0.29) is 9.77 Å². The van der Waals surface area contributed by atoms with E-state index < -0.39 is 16.0 Å². The van der Waals surface area contributed by atoms with Gasteiger partial charge in [-0.15, -0.1) is 11.3 Å². The van der Waals surface area contributed by atoms with Crippen molar-refractivity contribution in [3.8, 4) is 5.75 Å².